The number of anilines is 1. The van der Waals surface area contributed by atoms with Gasteiger partial charge in [0.1, 0.15) is 0 Å². The lowest BCUT2D eigenvalue weighted by atomic mass is 10.2. The maximum absolute atomic E-state index is 12.7. The van der Waals surface area contributed by atoms with Crippen molar-refractivity contribution in [2.75, 3.05) is 24.2 Å². The highest BCUT2D eigenvalue weighted by molar-refractivity contribution is 7.99. The van der Waals surface area contributed by atoms with Crippen LogP contribution in [-0.4, -0.2) is 55.8 Å². The SMILES string of the molecule is CCSc1ccccc1C(=O)Nc1ccc(-n2nnc(C(=O)N3CCCC3)n2)cc1. The molecular formula is C21H22N6O2S. The van der Waals surface area contributed by atoms with Gasteiger partial charge in [-0.2, -0.15) is 0 Å². The van der Waals surface area contributed by atoms with Crippen molar-refractivity contribution in [3.05, 3.63) is 59.9 Å². The first-order chi connectivity index (χ1) is 14.7. The molecule has 8 nitrogen and oxygen atoms in total. The summed E-state index contributed by atoms with van der Waals surface area (Å²) in [4.78, 5) is 29.1. The standard InChI is InChI=1S/C21H22N6O2S/c1-2-30-18-8-4-3-7-17(18)20(28)22-15-9-11-16(12-10-15)27-24-19(23-25-27)21(29)26-13-5-6-14-26/h3-4,7-12H,2,5-6,13-14H2,1H3,(H,22,28). The Balaban J connectivity index is 1.45. The lowest BCUT2D eigenvalue weighted by molar-refractivity contribution is 0.0780. The molecule has 1 aliphatic rings. The van der Waals surface area contributed by atoms with E-state index in [4.69, 9.17) is 0 Å². The summed E-state index contributed by atoms with van der Waals surface area (Å²) < 4.78 is 0. The van der Waals surface area contributed by atoms with Crippen molar-refractivity contribution in [3.8, 4) is 5.69 Å². The van der Waals surface area contributed by atoms with Crippen LogP contribution in [0.4, 0.5) is 5.69 Å². The van der Waals surface area contributed by atoms with Gasteiger partial charge in [0, 0.05) is 23.7 Å². The van der Waals surface area contributed by atoms with Crippen molar-refractivity contribution in [1.29, 1.82) is 0 Å². The summed E-state index contributed by atoms with van der Waals surface area (Å²) in [6, 6.07) is 14.6. The number of rotatable bonds is 6. The molecule has 2 aromatic carbocycles. The molecule has 1 aliphatic heterocycles. The predicted octanol–water partition coefficient (Wildman–Crippen LogP) is 3.26. The van der Waals surface area contributed by atoms with E-state index in [1.54, 1.807) is 40.9 Å². The summed E-state index contributed by atoms with van der Waals surface area (Å²) >= 11 is 1.64. The van der Waals surface area contributed by atoms with Gasteiger partial charge in [0.05, 0.1) is 11.3 Å². The zero-order valence-corrected chi connectivity index (χ0v) is 17.4. The fraction of sp³-hybridized carbons (Fsp3) is 0.286. The van der Waals surface area contributed by atoms with E-state index in [0.29, 0.717) is 16.9 Å². The van der Waals surface area contributed by atoms with Crippen LogP contribution in [-0.2, 0) is 0 Å². The minimum atomic E-state index is -0.189. The Morgan fingerprint density at radius 1 is 1.07 bits per heavy atom. The number of likely N-dealkylation sites (tertiary alicyclic amines) is 1. The van der Waals surface area contributed by atoms with Crippen LogP contribution in [0.15, 0.2) is 53.4 Å². The van der Waals surface area contributed by atoms with E-state index < -0.39 is 0 Å². The van der Waals surface area contributed by atoms with E-state index in [0.717, 1.165) is 36.6 Å². The topological polar surface area (TPSA) is 93.0 Å². The average molecular weight is 423 g/mol. The summed E-state index contributed by atoms with van der Waals surface area (Å²) in [6.45, 7) is 3.53. The van der Waals surface area contributed by atoms with Gasteiger partial charge in [-0.15, -0.1) is 26.8 Å². The van der Waals surface area contributed by atoms with Crippen molar-refractivity contribution in [1.82, 2.24) is 25.1 Å². The molecule has 0 atom stereocenters. The zero-order valence-electron chi connectivity index (χ0n) is 16.6. The normalized spacial score (nSPS) is 13.4. The number of amides is 2. The van der Waals surface area contributed by atoms with Gasteiger partial charge in [0.2, 0.25) is 0 Å². The lowest BCUT2D eigenvalue weighted by Gasteiger charge is -2.11. The number of hydrogen-bond donors (Lipinski definition) is 1. The third kappa shape index (κ3) is 4.35. The second kappa shape index (κ2) is 9.08. The summed E-state index contributed by atoms with van der Waals surface area (Å²) in [5, 5.41) is 15.0. The average Bonchev–Trinajstić information content (AvgIpc) is 3.47. The van der Waals surface area contributed by atoms with Gasteiger partial charge in [0.25, 0.3) is 17.6 Å². The number of nitrogens with zero attached hydrogens (tertiary/aromatic N) is 5. The molecule has 0 aliphatic carbocycles. The van der Waals surface area contributed by atoms with Gasteiger partial charge in [-0.1, -0.05) is 19.1 Å². The Hall–Kier alpha value is -3.20. The highest BCUT2D eigenvalue weighted by atomic mass is 32.2. The first-order valence-electron chi connectivity index (χ1n) is 9.88. The Labute approximate surface area is 178 Å². The van der Waals surface area contributed by atoms with Crippen molar-refractivity contribution < 1.29 is 9.59 Å². The summed E-state index contributed by atoms with van der Waals surface area (Å²) in [5.74, 6) is 0.647. The quantitative estimate of drug-likeness (QED) is 0.613. The molecule has 2 heterocycles. The van der Waals surface area contributed by atoms with Crippen LogP contribution in [0.25, 0.3) is 5.69 Å². The van der Waals surface area contributed by atoms with E-state index in [1.807, 2.05) is 24.3 Å². The lowest BCUT2D eigenvalue weighted by Crippen LogP contribution is -2.28. The van der Waals surface area contributed by atoms with Gasteiger partial charge in [0.15, 0.2) is 0 Å². The first-order valence-corrected chi connectivity index (χ1v) is 10.9. The van der Waals surface area contributed by atoms with Crippen molar-refractivity contribution in [2.45, 2.75) is 24.7 Å². The maximum Gasteiger partial charge on any atom is 0.295 e. The third-order valence-corrected chi connectivity index (χ3v) is 5.74. The van der Waals surface area contributed by atoms with Crippen LogP contribution < -0.4 is 5.32 Å². The molecular weight excluding hydrogens is 400 g/mol. The van der Waals surface area contributed by atoms with E-state index in [2.05, 4.69) is 27.7 Å². The molecule has 1 N–H and O–H groups in total. The number of carbonyl (C=O) groups excluding carboxylic acids is 2. The van der Waals surface area contributed by atoms with Crippen LogP contribution >= 0.6 is 11.8 Å². The molecule has 1 fully saturated rings. The maximum atomic E-state index is 12.7. The minimum Gasteiger partial charge on any atom is -0.336 e. The fourth-order valence-electron chi connectivity index (χ4n) is 3.28. The Morgan fingerprint density at radius 2 is 1.80 bits per heavy atom. The number of nitrogens with one attached hydrogen (secondary N) is 1. The molecule has 4 rings (SSSR count). The third-order valence-electron chi connectivity index (χ3n) is 4.79. The number of tetrazole rings is 1. The summed E-state index contributed by atoms with van der Waals surface area (Å²) in [6.07, 6.45) is 2.02. The number of thioether (sulfide) groups is 1. The number of hydrogen-bond acceptors (Lipinski definition) is 6. The molecule has 0 radical (unpaired) electrons. The van der Waals surface area contributed by atoms with Crippen molar-refractivity contribution >= 4 is 29.3 Å². The van der Waals surface area contributed by atoms with E-state index in [9.17, 15) is 9.59 Å². The van der Waals surface area contributed by atoms with Crippen LogP contribution in [0.5, 0.6) is 0 Å². The zero-order chi connectivity index (χ0) is 20.9. The molecule has 0 saturated carbocycles. The van der Waals surface area contributed by atoms with E-state index in [1.165, 1.54) is 4.80 Å². The monoisotopic (exact) mass is 422 g/mol. The highest BCUT2D eigenvalue weighted by Crippen LogP contribution is 2.23. The van der Waals surface area contributed by atoms with Crippen LogP contribution in [0.1, 0.15) is 40.7 Å². The Kier molecular flexibility index (Phi) is 6.08. The van der Waals surface area contributed by atoms with Gasteiger partial charge < -0.3 is 10.2 Å². The minimum absolute atomic E-state index is 0.0966. The van der Waals surface area contributed by atoms with Gasteiger partial charge in [-0.25, -0.2) is 0 Å². The van der Waals surface area contributed by atoms with Crippen LogP contribution in [0, 0.1) is 0 Å². The summed E-state index contributed by atoms with van der Waals surface area (Å²) in [5.41, 5.74) is 1.97. The molecule has 30 heavy (non-hydrogen) atoms. The van der Waals surface area contributed by atoms with Gasteiger partial charge in [-0.05, 0) is 60.2 Å². The van der Waals surface area contributed by atoms with Gasteiger partial charge >= 0.3 is 0 Å². The molecule has 1 aromatic heterocycles. The molecule has 154 valence electrons. The second-order valence-corrected chi connectivity index (χ2v) is 8.14. The largest absolute Gasteiger partial charge is 0.336 e. The van der Waals surface area contributed by atoms with E-state index in [-0.39, 0.29) is 17.6 Å². The molecule has 1 saturated heterocycles. The highest BCUT2D eigenvalue weighted by Gasteiger charge is 2.23. The predicted molar refractivity (Wildman–Crippen MR) is 115 cm³/mol. The number of benzene rings is 2. The first kappa shape index (κ1) is 20.1. The van der Waals surface area contributed by atoms with Gasteiger partial charge in [-0.3, -0.25) is 9.59 Å². The van der Waals surface area contributed by atoms with Crippen LogP contribution in [0.3, 0.4) is 0 Å². The molecule has 0 spiro atoms. The molecule has 9 heteroatoms. The summed E-state index contributed by atoms with van der Waals surface area (Å²) in [7, 11) is 0. The van der Waals surface area contributed by atoms with Crippen molar-refractivity contribution in [3.63, 3.8) is 0 Å². The Morgan fingerprint density at radius 3 is 2.53 bits per heavy atom. The molecule has 2 amide bonds. The number of aromatic nitrogens is 4. The Bertz CT molecular complexity index is 1040. The van der Waals surface area contributed by atoms with E-state index >= 15 is 0 Å². The smallest absolute Gasteiger partial charge is 0.295 e. The number of carbonyl (C=O) groups is 2. The van der Waals surface area contributed by atoms with Crippen LogP contribution in [0.2, 0.25) is 0 Å². The fourth-order valence-corrected chi connectivity index (χ4v) is 4.09. The second-order valence-electron chi connectivity index (χ2n) is 6.83. The molecule has 3 aromatic rings. The molecule has 0 unspecified atom stereocenters. The van der Waals surface area contributed by atoms with Crippen molar-refractivity contribution in [2.24, 2.45) is 0 Å². The molecule has 0 bridgehead atoms.